The van der Waals surface area contributed by atoms with Gasteiger partial charge in [-0.05, 0) is 18.6 Å². The molecular formula is C12H16N2O. The first-order valence-corrected chi connectivity index (χ1v) is 5.02. The number of rotatable bonds is 5. The third-order valence-electron chi connectivity index (χ3n) is 2.07. The molecule has 1 heterocycles. The van der Waals surface area contributed by atoms with E-state index in [0.717, 1.165) is 24.4 Å². The second-order valence-electron chi connectivity index (χ2n) is 3.24. The molecule has 1 N–H and O–H groups in total. The Morgan fingerprint density at radius 1 is 1.60 bits per heavy atom. The summed E-state index contributed by atoms with van der Waals surface area (Å²) >= 11 is 0. The van der Waals surface area contributed by atoms with Crippen LogP contribution in [0.25, 0.3) is 0 Å². The van der Waals surface area contributed by atoms with Crippen LogP contribution in [0, 0.1) is 12.3 Å². The second kappa shape index (κ2) is 5.92. The Hall–Kier alpha value is -1.69. The largest absolute Gasteiger partial charge is 0.495 e. The summed E-state index contributed by atoms with van der Waals surface area (Å²) in [6.45, 7) is 2.10. The number of pyridine rings is 1. The highest BCUT2D eigenvalue weighted by molar-refractivity contribution is 5.40. The average Bonchev–Trinajstić information content (AvgIpc) is 2.29. The predicted octanol–water partition coefficient (Wildman–Crippen LogP) is 2.30. The van der Waals surface area contributed by atoms with E-state index in [-0.39, 0.29) is 6.04 Å². The number of ether oxygens (including phenoxy) is 1. The van der Waals surface area contributed by atoms with E-state index in [2.05, 4.69) is 23.1 Å². The molecule has 1 unspecified atom stereocenters. The van der Waals surface area contributed by atoms with E-state index in [1.807, 2.05) is 12.1 Å². The minimum Gasteiger partial charge on any atom is -0.495 e. The summed E-state index contributed by atoms with van der Waals surface area (Å²) in [5.74, 6) is 4.23. The lowest BCUT2D eigenvalue weighted by Crippen LogP contribution is -2.17. The molecule has 0 aromatic carbocycles. The first-order valence-electron chi connectivity index (χ1n) is 5.02. The predicted molar refractivity (Wildman–Crippen MR) is 61.9 cm³/mol. The van der Waals surface area contributed by atoms with E-state index in [1.54, 1.807) is 13.3 Å². The highest BCUT2D eigenvalue weighted by atomic mass is 16.5. The molecule has 3 nitrogen and oxygen atoms in total. The lowest BCUT2D eigenvalue weighted by Gasteiger charge is -2.12. The molecule has 0 fully saturated rings. The molecule has 0 amide bonds. The van der Waals surface area contributed by atoms with Crippen LogP contribution in [-0.4, -0.2) is 18.1 Å². The van der Waals surface area contributed by atoms with Crippen molar-refractivity contribution in [3.63, 3.8) is 0 Å². The highest BCUT2D eigenvalue weighted by Gasteiger charge is 2.03. The molecule has 0 spiro atoms. The van der Waals surface area contributed by atoms with Crippen LogP contribution in [0.15, 0.2) is 18.3 Å². The topological polar surface area (TPSA) is 34.1 Å². The smallest absolute Gasteiger partial charge is 0.137 e. The molecule has 0 aliphatic carbocycles. The summed E-state index contributed by atoms with van der Waals surface area (Å²) in [6.07, 6.45) is 9.07. The molecule has 1 aromatic heterocycles. The number of hydrogen-bond acceptors (Lipinski definition) is 3. The third-order valence-corrected chi connectivity index (χ3v) is 2.07. The van der Waals surface area contributed by atoms with Crippen LogP contribution < -0.4 is 10.1 Å². The van der Waals surface area contributed by atoms with Gasteiger partial charge in [-0.2, -0.15) is 0 Å². The van der Waals surface area contributed by atoms with Gasteiger partial charge in [0.15, 0.2) is 0 Å². The van der Waals surface area contributed by atoms with Crippen molar-refractivity contribution in [3.8, 4) is 18.1 Å². The maximum absolute atomic E-state index is 5.40. The maximum Gasteiger partial charge on any atom is 0.137 e. The van der Waals surface area contributed by atoms with Gasteiger partial charge in [0.05, 0.1) is 19.3 Å². The van der Waals surface area contributed by atoms with Gasteiger partial charge in [0.1, 0.15) is 11.6 Å². The van der Waals surface area contributed by atoms with Crippen LogP contribution in [-0.2, 0) is 0 Å². The average molecular weight is 204 g/mol. The van der Waals surface area contributed by atoms with Crippen molar-refractivity contribution in [2.24, 2.45) is 0 Å². The zero-order valence-corrected chi connectivity index (χ0v) is 9.16. The number of nitrogens with one attached hydrogen (secondary N) is 1. The fraction of sp³-hybridized carbons (Fsp3) is 0.417. The first-order chi connectivity index (χ1) is 7.30. The van der Waals surface area contributed by atoms with Gasteiger partial charge < -0.3 is 10.1 Å². The summed E-state index contributed by atoms with van der Waals surface area (Å²) in [6, 6.07) is 3.77. The zero-order valence-electron chi connectivity index (χ0n) is 9.16. The minimum atomic E-state index is 0.0518. The Kier molecular flexibility index (Phi) is 4.49. The summed E-state index contributed by atoms with van der Waals surface area (Å²) in [5.41, 5.74) is 0. The Morgan fingerprint density at radius 2 is 2.40 bits per heavy atom. The van der Waals surface area contributed by atoms with Crippen molar-refractivity contribution >= 4 is 5.82 Å². The molecule has 0 saturated heterocycles. The van der Waals surface area contributed by atoms with E-state index < -0.39 is 0 Å². The Bertz CT molecular complexity index is 326. The van der Waals surface area contributed by atoms with Crippen LogP contribution in [0.4, 0.5) is 5.82 Å². The molecule has 1 rings (SSSR count). The van der Waals surface area contributed by atoms with Gasteiger partial charge in [-0.25, -0.2) is 4.98 Å². The van der Waals surface area contributed by atoms with Crippen LogP contribution in [0.1, 0.15) is 19.8 Å². The number of terminal acetylenes is 1. The van der Waals surface area contributed by atoms with E-state index in [0.29, 0.717) is 0 Å². The number of hydrogen-bond donors (Lipinski definition) is 1. The standard InChI is InChI=1S/C12H16N2O/c1-4-6-10(5-2)14-12-8-7-11(15-3)9-13-12/h2,7-10H,4,6H2,1,3H3,(H,13,14). The maximum atomic E-state index is 5.40. The second-order valence-corrected chi connectivity index (χ2v) is 3.24. The molecular weight excluding hydrogens is 188 g/mol. The van der Waals surface area contributed by atoms with Gasteiger partial charge in [0.25, 0.3) is 0 Å². The summed E-state index contributed by atoms with van der Waals surface area (Å²) in [4.78, 5) is 4.19. The van der Waals surface area contributed by atoms with E-state index >= 15 is 0 Å². The summed E-state index contributed by atoms with van der Waals surface area (Å²) < 4.78 is 5.02. The fourth-order valence-electron chi connectivity index (χ4n) is 1.25. The van der Waals surface area contributed by atoms with Crippen LogP contribution >= 0.6 is 0 Å². The van der Waals surface area contributed by atoms with Gasteiger partial charge in [-0.3, -0.25) is 0 Å². The van der Waals surface area contributed by atoms with Crippen molar-refractivity contribution in [3.05, 3.63) is 18.3 Å². The van der Waals surface area contributed by atoms with Gasteiger partial charge in [-0.1, -0.05) is 19.3 Å². The first kappa shape index (κ1) is 11.4. The van der Waals surface area contributed by atoms with E-state index in [9.17, 15) is 0 Å². The lowest BCUT2D eigenvalue weighted by molar-refractivity contribution is 0.413. The number of nitrogens with zero attached hydrogens (tertiary/aromatic N) is 1. The Balaban J connectivity index is 2.60. The van der Waals surface area contributed by atoms with Gasteiger partial charge >= 0.3 is 0 Å². The van der Waals surface area contributed by atoms with Crippen LogP contribution in [0.2, 0.25) is 0 Å². The quantitative estimate of drug-likeness (QED) is 0.747. The van der Waals surface area contributed by atoms with Gasteiger partial charge in [0.2, 0.25) is 0 Å². The monoisotopic (exact) mass is 204 g/mol. The molecule has 0 saturated carbocycles. The number of anilines is 1. The summed E-state index contributed by atoms with van der Waals surface area (Å²) in [7, 11) is 1.62. The number of aromatic nitrogens is 1. The lowest BCUT2D eigenvalue weighted by atomic mass is 10.2. The van der Waals surface area contributed by atoms with E-state index in [1.165, 1.54) is 0 Å². The van der Waals surface area contributed by atoms with Crippen molar-refractivity contribution in [1.29, 1.82) is 0 Å². The molecule has 1 atom stereocenters. The Morgan fingerprint density at radius 3 is 2.87 bits per heavy atom. The molecule has 15 heavy (non-hydrogen) atoms. The van der Waals surface area contributed by atoms with Crippen molar-refractivity contribution in [2.45, 2.75) is 25.8 Å². The Labute approximate surface area is 90.9 Å². The zero-order chi connectivity index (χ0) is 11.1. The van der Waals surface area contributed by atoms with E-state index in [4.69, 9.17) is 11.2 Å². The molecule has 0 aliphatic rings. The van der Waals surface area contributed by atoms with Crippen molar-refractivity contribution in [2.75, 3.05) is 12.4 Å². The number of methoxy groups -OCH3 is 1. The molecule has 0 radical (unpaired) electrons. The molecule has 3 heteroatoms. The van der Waals surface area contributed by atoms with Crippen molar-refractivity contribution in [1.82, 2.24) is 4.98 Å². The molecule has 0 aliphatic heterocycles. The van der Waals surface area contributed by atoms with Crippen molar-refractivity contribution < 1.29 is 4.74 Å². The molecule has 80 valence electrons. The van der Waals surface area contributed by atoms with Crippen LogP contribution in [0.5, 0.6) is 5.75 Å². The minimum absolute atomic E-state index is 0.0518. The fourth-order valence-corrected chi connectivity index (χ4v) is 1.25. The molecule has 0 bridgehead atoms. The van der Waals surface area contributed by atoms with Gasteiger partial charge in [0, 0.05) is 0 Å². The normalized spacial score (nSPS) is 11.5. The SMILES string of the molecule is C#CC(CCC)Nc1ccc(OC)cn1. The highest BCUT2D eigenvalue weighted by Crippen LogP contribution is 2.12. The summed E-state index contributed by atoms with van der Waals surface area (Å²) in [5, 5.41) is 3.18. The van der Waals surface area contributed by atoms with Crippen LogP contribution in [0.3, 0.4) is 0 Å². The molecule has 1 aromatic rings. The van der Waals surface area contributed by atoms with Gasteiger partial charge in [-0.15, -0.1) is 6.42 Å². The third kappa shape index (κ3) is 3.51.